The Hall–Kier alpha value is -1.30. The second-order valence-corrected chi connectivity index (χ2v) is 6.02. The van der Waals surface area contributed by atoms with E-state index in [0.29, 0.717) is 19.1 Å². The van der Waals surface area contributed by atoms with Crippen LogP contribution < -0.4 is 5.32 Å². The highest BCUT2D eigenvalue weighted by Crippen LogP contribution is 2.19. The van der Waals surface area contributed by atoms with E-state index in [1.807, 2.05) is 0 Å². The van der Waals surface area contributed by atoms with Crippen molar-refractivity contribution in [2.24, 2.45) is 5.92 Å². The summed E-state index contributed by atoms with van der Waals surface area (Å²) < 4.78 is 0. The van der Waals surface area contributed by atoms with Crippen molar-refractivity contribution in [2.45, 2.75) is 45.6 Å². The first-order valence-electron chi connectivity index (χ1n) is 7.88. The summed E-state index contributed by atoms with van der Waals surface area (Å²) in [5.74, 6) is -0.692. The Kier molecular flexibility index (Phi) is 7.50. The number of piperidine rings is 1. The molecule has 2 N–H and O–H groups in total. The zero-order valence-corrected chi connectivity index (χ0v) is 13.5. The van der Waals surface area contributed by atoms with Gasteiger partial charge < -0.3 is 20.2 Å². The Bertz CT molecular complexity index is 349. The summed E-state index contributed by atoms with van der Waals surface area (Å²) in [5, 5.41) is 11.8. The third-order valence-electron chi connectivity index (χ3n) is 4.35. The molecule has 0 bridgehead atoms. The molecule has 1 aliphatic rings. The van der Waals surface area contributed by atoms with E-state index in [-0.39, 0.29) is 18.4 Å². The van der Waals surface area contributed by atoms with Crippen molar-refractivity contribution in [2.75, 3.05) is 33.2 Å². The van der Waals surface area contributed by atoms with Crippen LogP contribution in [0.5, 0.6) is 0 Å². The number of carbonyl (C=O) groups is 2. The summed E-state index contributed by atoms with van der Waals surface area (Å²) in [4.78, 5) is 26.8. The lowest BCUT2D eigenvalue weighted by Gasteiger charge is -2.32. The summed E-state index contributed by atoms with van der Waals surface area (Å²) in [5.41, 5.74) is 0. The average Bonchev–Trinajstić information content (AvgIpc) is 2.45. The molecular formula is C15H29N3O3. The predicted octanol–water partition coefficient (Wildman–Crippen LogP) is 1.61. The number of carboxylic acids is 1. The minimum absolute atomic E-state index is 0.0670. The molecule has 2 atom stereocenters. The van der Waals surface area contributed by atoms with Crippen LogP contribution in [0.2, 0.25) is 0 Å². The van der Waals surface area contributed by atoms with E-state index < -0.39 is 5.97 Å². The number of carboxylic acid groups (broad SMARTS) is 1. The van der Waals surface area contributed by atoms with Crippen LogP contribution >= 0.6 is 0 Å². The summed E-state index contributed by atoms with van der Waals surface area (Å²) in [7, 11) is 2.06. The van der Waals surface area contributed by atoms with E-state index in [4.69, 9.17) is 5.11 Å². The summed E-state index contributed by atoms with van der Waals surface area (Å²) >= 11 is 0. The van der Waals surface area contributed by atoms with Crippen molar-refractivity contribution in [3.63, 3.8) is 0 Å². The fourth-order valence-electron chi connectivity index (χ4n) is 2.65. The summed E-state index contributed by atoms with van der Waals surface area (Å²) in [6.45, 7) is 7.05. The van der Waals surface area contributed by atoms with Gasteiger partial charge in [0.2, 0.25) is 0 Å². The normalized spacial score (nSPS) is 20.4. The predicted molar refractivity (Wildman–Crippen MR) is 82.3 cm³/mol. The molecule has 0 radical (unpaired) electrons. The second kappa shape index (κ2) is 8.87. The maximum absolute atomic E-state index is 12.1. The van der Waals surface area contributed by atoms with Crippen molar-refractivity contribution in [1.29, 1.82) is 0 Å². The van der Waals surface area contributed by atoms with Crippen LogP contribution in [0, 0.1) is 5.92 Å². The largest absolute Gasteiger partial charge is 0.481 e. The number of urea groups is 1. The van der Waals surface area contributed by atoms with E-state index in [0.717, 1.165) is 32.4 Å². The van der Waals surface area contributed by atoms with Gasteiger partial charge in [-0.15, -0.1) is 0 Å². The van der Waals surface area contributed by atoms with Crippen LogP contribution in [0.15, 0.2) is 0 Å². The summed E-state index contributed by atoms with van der Waals surface area (Å²) in [6, 6.07) is 0.444. The molecule has 0 aromatic heterocycles. The van der Waals surface area contributed by atoms with Gasteiger partial charge in [0.15, 0.2) is 0 Å². The Labute approximate surface area is 127 Å². The lowest BCUT2D eigenvalue weighted by molar-refractivity contribution is -0.138. The number of nitrogens with one attached hydrogen (secondary N) is 1. The van der Waals surface area contributed by atoms with Gasteiger partial charge in [-0.1, -0.05) is 6.92 Å². The van der Waals surface area contributed by atoms with Crippen LogP contribution in [0.1, 0.15) is 39.5 Å². The van der Waals surface area contributed by atoms with Crippen LogP contribution in [0.4, 0.5) is 4.79 Å². The molecule has 2 unspecified atom stereocenters. The number of hydrogen-bond acceptors (Lipinski definition) is 3. The highest BCUT2D eigenvalue weighted by molar-refractivity contribution is 5.74. The van der Waals surface area contributed by atoms with Crippen molar-refractivity contribution < 1.29 is 14.7 Å². The van der Waals surface area contributed by atoms with Crippen molar-refractivity contribution in [3.8, 4) is 0 Å². The van der Waals surface area contributed by atoms with Gasteiger partial charge in [0.25, 0.3) is 0 Å². The van der Waals surface area contributed by atoms with Crippen LogP contribution in [-0.2, 0) is 4.79 Å². The first-order chi connectivity index (χ1) is 9.93. The fourth-order valence-corrected chi connectivity index (χ4v) is 2.65. The molecule has 1 heterocycles. The van der Waals surface area contributed by atoms with Gasteiger partial charge >= 0.3 is 12.0 Å². The fraction of sp³-hybridized carbons (Fsp3) is 0.867. The van der Waals surface area contributed by atoms with E-state index >= 15 is 0 Å². The number of likely N-dealkylation sites (tertiary alicyclic amines) is 1. The lowest BCUT2D eigenvalue weighted by atomic mass is 9.95. The Morgan fingerprint density at radius 3 is 2.81 bits per heavy atom. The third kappa shape index (κ3) is 6.33. The molecule has 0 aromatic rings. The SMILES string of the molecule is CCC(C)N(C)CCNC(=O)N1CCCC(CC(=O)O)C1. The van der Waals surface area contributed by atoms with E-state index in [1.165, 1.54) is 0 Å². The Balaban J connectivity index is 2.29. The van der Waals surface area contributed by atoms with Gasteiger partial charge in [0, 0.05) is 38.6 Å². The van der Waals surface area contributed by atoms with Crippen LogP contribution in [-0.4, -0.2) is 66.2 Å². The van der Waals surface area contributed by atoms with Gasteiger partial charge in [-0.3, -0.25) is 4.79 Å². The van der Waals surface area contributed by atoms with Crippen molar-refractivity contribution >= 4 is 12.0 Å². The molecule has 1 aliphatic heterocycles. The van der Waals surface area contributed by atoms with Crippen LogP contribution in [0.25, 0.3) is 0 Å². The Morgan fingerprint density at radius 2 is 2.19 bits per heavy atom. The lowest BCUT2D eigenvalue weighted by Crippen LogP contribution is -2.47. The monoisotopic (exact) mass is 299 g/mol. The second-order valence-electron chi connectivity index (χ2n) is 6.02. The summed E-state index contributed by atoms with van der Waals surface area (Å²) in [6.07, 6.45) is 3.03. The van der Waals surface area contributed by atoms with Crippen molar-refractivity contribution in [1.82, 2.24) is 15.1 Å². The number of likely N-dealkylation sites (N-methyl/N-ethyl adjacent to an activating group) is 1. The maximum Gasteiger partial charge on any atom is 0.317 e. The molecule has 0 aliphatic carbocycles. The quantitative estimate of drug-likeness (QED) is 0.749. The van der Waals surface area contributed by atoms with Gasteiger partial charge in [-0.25, -0.2) is 4.79 Å². The standard InChI is InChI=1S/C15H29N3O3/c1-4-12(2)17(3)9-7-16-15(21)18-8-5-6-13(11-18)10-14(19)20/h12-13H,4-11H2,1-3H3,(H,16,21)(H,19,20). The molecule has 1 saturated heterocycles. The van der Waals surface area contributed by atoms with E-state index in [9.17, 15) is 9.59 Å². The molecule has 0 saturated carbocycles. The molecule has 6 nitrogen and oxygen atoms in total. The third-order valence-corrected chi connectivity index (χ3v) is 4.35. The molecule has 21 heavy (non-hydrogen) atoms. The zero-order valence-electron chi connectivity index (χ0n) is 13.5. The molecule has 0 aromatic carbocycles. The highest BCUT2D eigenvalue weighted by atomic mass is 16.4. The molecule has 2 amide bonds. The number of hydrogen-bond donors (Lipinski definition) is 2. The van der Waals surface area contributed by atoms with Gasteiger partial charge in [0.05, 0.1) is 0 Å². The molecular weight excluding hydrogens is 270 g/mol. The van der Waals surface area contributed by atoms with E-state index in [1.54, 1.807) is 4.90 Å². The Morgan fingerprint density at radius 1 is 1.48 bits per heavy atom. The smallest absolute Gasteiger partial charge is 0.317 e. The molecule has 0 spiro atoms. The zero-order chi connectivity index (χ0) is 15.8. The number of aliphatic carboxylic acids is 1. The average molecular weight is 299 g/mol. The number of carbonyl (C=O) groups excluding carboxylic acids is 1. The van der Waals surface area contributed by atoms with Gasteiger partial charge in [0.1, 0.15) is 0 Å². The van der Waals surface area contributed by atoms with Crippen molar-refractivity contribution in [3.05, 3.63) is 0 Å². The molecule has 1 rings (SSSR count). The van der Waals surface area contributed by atoms with Gasteiger partial charge in [-0.05, 0) is 39.2 Å². The minimum atomic E-state index is -0.780. The molecule has 1 fully saturated rings. The molecule has 6 heteroatoms. The number of amides is 2. The minimum Gasteiger partial charge on any atom is -0.481 e. The molecule has 122 valence electrons. The number of rotatable bonds is 7. The number of nitrogens with zero attached hydrogens (tertiary/aromatic N) is 2. The highest BCUT2D eigenvalue weighted by Gasteiger charge is 2.25. The maximum atomic E-state index is 12.1. The first-order valence-corrected chi connectivity index (χ1v) is 7.88. The first kappa shape index (κ1) is 17.8. The topological polar surface area (TPSA) is 72.9 Å². The van der Waals surface area contributed by atoms with E-state index in [2.05, 4.69) is 31.1 Å². The van der Waals surface area contributed by atoms with Gasteiger partial charge in [-0.2, -0.15) is 0 Å². The van der Waals surface area contributed by atoms with Crippen LogP contribution in [0.3, 0.4) is 0 Å².